The summed E-state index contributed by atoms with van der Waals surface area (Å²) in [4.78, 5) is 0. The smallest absolute Gasteiger partial charge is 0.180 e. The van der Waals surface area contributed by atoms with Gasteiger partial charge < -0.3 is 9.47 Å². The first-order valence-electron chi connectivity index (χ1n) is 5.54. The van der Waals surface area contributed by atoms with E-state index in [1.165, 1.54) is 5.57 Å². The van der Waals surface area contributed by atoms with Crippen molar-refractivity contribution in [1.82, 2.24) is 0 Å². The third-order valence-corrected chi connectivity index (χ3v) is 2.39. The molecular weight excluding hydrogens is 176 g/mol. The highest BCUT2D eigenvalue weighted by Gasteiger charge is 2.22. The largest absolute Gasteiger partial charge is 0.346 e. The van der Waals surface area contributed by atoms with Crippen LogP contribution in [0.3, 0.4) is 0 Å². The Morgan fingerprint density at radius 1 is 1.21 bits per heavy atom. The Bertz CT molecular complexity index is 188. The molecule has 1 saturated heterocycles. The van der Waals surface area contributed by atoms with Gasteiger partial charge in [-0.25, -0.2) is 0 Å². The molecule has 0 amide bonds. The minimum atomic E-state index is -0.0752. The van der Waals surface area contributed by atoms with Crippen molar-refractivity contribution >= 4 is 0 Å². The lowest BCUT2D eigenvalue weighted by molar-refractivity contribution is -0.0171. The van der Waals surface area contributed by atoms with Gasteiger partial charge in [-0.05, 0) is 23.8 Å². The third-order valence-electron chi connectivity index (χ3n) is 2.39. The standard InChI is InChI=1S/C12H22O2/c1-9(2)5-6-11(10(3)4)12-13-7-8-14-12/h6,9-10,12H,5,7-8H2,1-4H3/b11-6-. The zero-order valence-corrected chi connectivity index (χ0v) is 9.75. The van der Waals surface area contributed by atoms with E-state index in [-0.39, 0.29) is 6.29 Å². The zero-order chi connectivity index (χ0) is 10.6. The zero-order valence-electron chi connectivity index (χ0n) is 9.75. The van der Waals surface area contributed by atoms with Gasteiger partial charge >= 0.3 is 0 Å². The van der Waals surface area contributed by atoms with Crippen LogP contribution < -0.4 is 0 Å². The Morgan fingerprint density at radius 2 is 1.79 bits per heavy atom. The molecule has 2 heteroatoms. The van der Waals surface area contributed by atoms with E-state index in [4.69, 9.17) is 9.47 Å². The molecule has 0 saturated carbocycles. The van der Waals surface area contributed by atoms with Crippen molar-refractivity contribution in [2.45, 2.75) is 40.4 Å². The summed E-state index contributed by atoms with van der Waals surface area (Å²) in [5.74, 6) is 1.21. The third kappa shape index (κ3) is 3.43. The van der Waals surface area contributed by atoms with Crippen LogP contribution in [0.25, 0.3) is 0 Å². The predicted molar refractivity (Wildman–Crippen MR) is 58.1 cm³/mol. The molecule has 0 aliphatic carbocycles. The molecule has 1 fully saturated rings. The average molecular weight is 198 g/mol. The Labute approximate surface area is 87.3 Å². The second-order valence-corrected chi connectivity index (χ2v) is 4.56. The monoisotopic (exact) mass is 198 g/mol. The van der Waals surface area contributed by atoms with E-state index in [0.29, 0.717) is 11.8 Å². The van der Waals surface area contributed by atoms with Gasteiger partial charge in [-0.1, -0.05) is 33.8 Å². The summed E-state index contributed by atoms with van der Waals surface area (Å²) in [7, 11) is 0. The van der Waals surface area contributed by atoms with Crippen LogP contribution >= 0.6 is 0 Å². The second kappa shape index (κ2) is 5.52. The quantitative estimate of drug-likeness (QED) is 0.646. The van der Waals surface area contributed by atoms with Crippen molar-refractivity contribution in [2.75, 3.05) is 13.2 Å². The predicted octanol–water partition coefficient (Wildman–Crippen LogP) is 2.99. The van der Waals surface area contributed by atoms with Gasteiger partial charge in [0.05, 0.1) is 13.2 Å². The first kappa shape index (κ1) is 11.7. The van der Waals surface area contributed by atoms with E-state index >= 15 is 0 Å². The van der Waals surface area contributed by atoms with Gasteiger partial charge in [0.2, 0.25) is 0 Å². The molecule has 0 aromatic rings. The normalized spacial score (nSPS) is 20.0. The first-order valence-corrected chi connectivity index (χ1v) is 5.54. The fraction of sp³-hybridized carbons (Fsp3) is 0.833. The fourth-order valence-corrected chi connectivity index (χ4v) is 1.53. The van der Waals surface area contributed by atoms with E-state index in [1.54, 1.807) is 0 Å². The Hall–Kier alpha value is -0.340. The Kier molecular flexibility index (Phi) is 4.63. The topological polar surface area (TPSA) is 18.5 Å². The van der Waals surface area contributed by atoms with Crippen molar-refractivity contribution in [1.29, 1.82) is 0 Å². The molecule has 0 N–H and O–H groups in total. The van der Waals surface area contributed by atoms with E-state index in [9.17, 15) is 0 Å². The SMILES string of the molecule is CC(C)C/C=C(/C(C)C)C1OCCO1. The van der Waals surface area contributed by atoms with Gasteiger partial charge in [-0.3, -0.25) is 0 Å². The van der Waals surface area contributed by atoms with Crippen molar-refractivity contribution < 1.29 is 9.47 Å². The van der Waals surface area contributed by atoms with E-state index in [1.807, 2.05) is 0 Å². The average Bonchev–Trinajstić information content (AvgIpc) is 2.56. The molecule has 0 radical (unpaired) electrons. The summed E-state index contributed by atoms with van der Waals surface area (Å²) >= 11 is 0. The maximum absolute atomic E-state index is 5.52. The van der Waals surface area contributed by atoms with Crippen LogP contribution in [0, 0.1) is 11.8 Å². The van der Waals surface area contributed by atoms with Crippen molar-refractivity contribution in [3.05, 3.63) is 11.6 Å². The number of ether oxygens (including phenoxy) is 2. The highest BCUT2D eigenvalue weighted by molar-refractivity contribution is 5.09. The van der Waals surface area contributed by atoms with E-state index in [0.717, 1.165) is 19.6 Å². The number of hydrogen-bond acceptors (Lipinski definition) is 2. The van der Waals surface area contributed by atoms with Crippen LogP contribution in [-0.2, 0) is 9.47 Å². The maximum atomic E-state index is 5.52. The van der Waals surface area contributed by atoms with Crippen LogP contribution in [-0.4, -0.2) is 19.5 Å². The highest BCUT2D eigenvalue weighted by atomic mass is 16.7. The molecule has 82 valence electrons. The van der Waals surface area contributed by atoms with Crippen molar-refractivity contribution in [3.8, 4) is 0 Å². The van der Waals surface area contributed by atoms with Crippen LogP contribution in [0.1, 0.15) is 34.1 Å². The lowest BCUT2D eigenvalue weighted by Gasteiger charge is -2.18. The Balaban J connectivity index is 2.57. The molecule has 1 rings (SSSR count). The minimum absolute atomic E-state index is 0.0752. The summed E-state index contributed by atoms with van der Waals surface area (Å²) in [5.41, 5.74) is 1.30. The maximum Gasteiger partial charge on any atom is 0.180 e. The van der Waals surface area contributed by atoms with E-state index in [2.05, 4.69) is 33.8 Å². The molecule has 0 aromatic heterocycles. The first-order chi connectivity index (χ1) is 6.61. The molecule has 0 unspecified atom stereocenters. The lowest BCUT2D eigenvalue weighted by Crippen LogP contribution is -2.16. The van der Waals surface area contributed by atoms with Gasteiger partial charge in [-0.2, -0.15) is 0 Å². The summed E-state index contributed by atoms with van der Waals surface area (Å²) < 4.78 is 11.0. The van der Waals surface area contributed by atoms with Crippen molar-refractivity contribution in [2.24, 2.45) is 11.8 Å². The molecule has 0 atom stereocenters. The molecule has 0 spiro atoms. The van der Waals surface area contributed by atoms with E-state index < -0.39 is 0 Å². The van der Waals surface area contributed by atoms with Gasteiger partial charge in [0.1, 0.15) is 0 Å². The summed E-state index contributed by atoms with van der Waals surface area (Å²) in [6, 6.07) is 0. The van der Waals surface area contributed by atoms with Gasteiger partial charge in [-0.15, -0.1) is 0 Å². The number of rotatable bonds is 4. The van der Waals surface area contributed by atoms with Gasteiger partial charge in [0, 0.05) is 0 Å². The molecular formula is C12H22O2. The van der Waals surface area contributed by atoms with Gasteiger partial charge in [0.15, 0.2) is 6.29 Å². The van der Waals surface area contributed by atoms with Crippen LogP contribution in [0.5, 0.6) is 0 Å². The molecule has 2 nitrogen and oxygen atoms in total. The summed E-state index contributed by atoms with van der Waals surface area (Å²) in [6.45, 7) is 10.3. The molecule has 1 aliphatic rings. The van der Waals surface area contributed by atoms with Gasteiger partial charge in [0.25, 0.3) is 0 Å². The second-order valence-electron chi connectivity index (χ2n) is 4.56. The van der Waals surface area contributed by atoms with Crippen molar-refractivity contribution in [3.63, 3.8) is 0 Å². The molecule has 0 aromatic carbocycles. The number of allylic oxidation sites excluding steroid dienone is 1. The minimum Gasteiger partial charge on any atom is -0.346 e. The fourth-order valence-electron chi connectivity index (χ4n) is 1.53. The molecule has 14 heavy (non-hydrogen) atoms. The summed E-state index contributed by atoms with van der Waals surface area (Å²) in [5, 5.41) is 0. The van der Waals surface area contributed by atoms with Crippen LogP contribution in [0.15, 0.2) is 11.6 Å². The summed E-state index contributed by atoms with van der Waals surface area (Å²) in [6.07, 6.45) is 3.32. The van der Waals surface area contributed by atoms with Crippen LogP contribution in [0.2, 0.25) is 0 Å². The lowest BCUT2D eigenvalue weighted by atomic mass is 9.99. The Morgan fingerprint density at radius 3 is 2.21 bits per heavy atom. The molecule has 1 aliphatic heterocycles. The molecule has 1 heterocycles. The van der Waals surface area contributed by atoms with Crippen LogP contribution in [0.4, 0.5) is 0 Å². The number of hydrogen-bond donors (Lipinski definition) is 0. The highest BCUT2D eigenvalue weighted by Crippen LogP contribution is 2.22. The molecule has 0 bridgehead atoms.